The zero-order valence-electron chi connectivity index (χ0n) is 14.8. The quantitative estimate of drug-likeness (QED) is 0.164. The molecule has 0 amide bonds. The van der Waals surface area contributed by atoms with Gasteiger partial charge in [-0.25, -0.2) is 0 Å². The van der Waals surface area contributed by atoms with Gasteiger partial charge in [0, 0.05) is 0 Å². The molecule has 0 aromatic heterocycles. The van der Waals surface area contributed by atoms with Crippen molar-refractivity contribution in [2.75, 3.05) is 0 Å². The van der Waals surface area contributed by atoms with Gasteiger partial charge in [0.15, 0.2) is 0 Å². The molecule has 120 valence electrons. The maximum absolute atomic E-state index is 2.60. The molecule has 0 aliphatic heterocycles. The molecule has 0 radical (unpaired) electrons. The second-order valence-electron chi connectivity index (χ2n) is 6.63. The van der Waals surface area contributed by atoms with Crippen LogP contribution >= 0.6 is 0 Å². The molecule has 0 rings (SSSR count). The van der Waals surface area contributed by atoms with Gasteiger partial charge in [-0.2, -0.15) is 0 Å². The number of hydrogen-bond acceptors (Lipinski definition) is 0. The second-order valence-corrected chi connectivity index (χ2v) is 20.6. The van der Waals surface area contributed by atoms with Crippen LogP contribution in [0.1, 0.15) is 85.5 Å². The van der Waals surface area contributed by atoms with Crippen molar-refractivity contribution in [3.63, 3.8) is 0 Å². The molecule has 0 aliphatic carbocycles. The molecule has 0 unspecified atom stereocenters. The second kappa shape index (κ2) is 14.5. The third-order valence-corrected chi connectivity index (χ3v) is 19.9. The summed E-state index contributed by atoms with van der Waals surface area (Å²) in [7, 11) is 0. The van der Waals surface area contributed by atoms with Crippen LogP contribution in [-0.2, 0) is 0 Å². The number of unbranched alkanes of at least 4 members (excludes halogenated alkanes) is 5. The van der Waals surface area contributed by atoms with E-state index < -0.39 is 18.4 Å². The molecule has 1 heteroatoms. The van der Waals surface area contributed by atoms with Crippen LogP contribution in [0.4, 0.5) is 0 Å². The van der Waals surface area contributed by atoms with Crippen molar-refractivity contribution >= 4 is 18.4 Å². The van der Waals surface area contributed by atoms with Gasteiger partial charge in [-0.05, 0) is 0 Å². The summed E-state index contributed by atoms with van der Waals surface area (Å²) in [6.07, 6.45) is 17.8. The van der Waals surface area contributed by atoms with E-state index in [4.69, 9.17) is 0 Å². The van der Waals surface area contributed by atoms with E-state index in [1.54, 1.807) is 17.7 Å². The van der Waals surface area contributed by atoms with Crippen molar-refractivity contribution in [3.8, 4) is 0 Å². The predicted octanol–water partition coefficient (Wildman–Crippen LogP) is 7.58. The third-order valence-electron chi connectivity index (χ3n) is 4.62. The minimum atomic E-state index is -1.84. The predicted molar refractivity (Wildman–Crippen MR) is 98.4 cm³/mol. The molecule has 0 nitrogen and oxygen atoms in total. The Bertz CT molecular complexity index is 198. The van der Waals surface area contributed by atoms with E-state index in [1.165, 1.54) is 57.8 Å². The normalized spacial score (nSPS) is 12.4. The van der Waals surface area contributed by atoms with E-state index in [9.17, 15) is 0 Å². The van der Waals surface area contributed by atoms with Crippen LogP contribution in [0.5, 0.6) is 0 Å². The van der Waals surface area contributed by atoms with Crippen molar-refractivity contribution < 1.29 is 0 Å². The van der Waals surface area contributed by atoms with Crippen LogP contribution in [-0.4, -0.2) is 18.4 Å². The Hall–Kier alpha value is 0.539. The first-order valence-electron chi connectivity index (χ1n) is 9.39. The van der Waals surface area contributed by atoms with Crippen molar-refractivity contribution in [1.29, 1.82) is 0 Å². The van der Waals surface area contributed by atoms with E-state index in [0.717, 1.165) is 0 Å². The van der Waals surface area contributed by atoms with Gasteiger partial charge in [-0.3, -0.25) is 0 Å². The summed E-state index contributed by atoms with van der Waals surface area (Å²) >= 11 is -1.84. The Balaban J connectivity index is 4.52. The monoisotopic (exact) mass is 388 g/mol. The number of hydrogen-bond donors (Lipinski definition) is 0. The van der Waals surface area contributed by atoms with E-state index >= 15 is 0 Å². The van der Waals surface area contributed by atoms with E-state index in [0.29, 0.717) is 0 Å². The molecule has 0 aliphatic rings. The van der Waals surface area contributed by atoms with Crippen molar-refractivity contribution in [1.82, 2.24) is 0 Å². The summed E-state index contributed by atoms with van der Waals surface area (Å²) in [5.41, 5.74) is 0. The summed E-state index contributed by atoms with van der Waals surface area (Å²) in [4.78, 5) is 0. The molecule has 0 saturated carbocycles. The van der Waals surface area contributed by atoms with Crippen LogP contribution in [0.25, 0.3) is 0 Å². The Morgan fingerprint density at radius 3 is 1.45 bits per heavy atom. The zero-order valence-corrected chi connectivity index (χ0v) is 17.7. The molecule has 0 heterocycles. The first kappa shape index (κ1) is 20.5. The fourth-order valence-electron chi connectivity index (χ4n) is 3.11. The summed E-state index contributed by atoms with van der Waals surface area (Å²) in [6.45, 7) is 9.40. The summed E-state index contributed by atoms with van der Waals surface area (Å²) < 4.78 is 6.51. The van der Waals surface area contributed by atoms with Crippen LogP contribution in [0.3, 0.4) is 0 Å². The molecule has 0 N–H and O–H groups in total. The van der Waals surface area contributed by atoms with Gasteiger partial charge in [0.05, 0.1) is 0 Å². The maximum atomic E-state index is 2.60. The summed E-state index contributed by atoms with van der Waals surface area (Å²) in [5, 5.41) is 0. The van der Waals surface area contributed by atoms with Crippen LogP contribution in [0.15, 0.2) is 12.2 Å². The SMILES string of the molecule is CCCC/C=C\[CH2][Sn]([CH2]CCC)([CH2]CCC)[CH2]CCC. The van der Waals surface area contributed by atoms with Gasteiger partial charge >= 0.3 is 134 Å². The van der Waals surface area contributed by atoms with E-state index in [2.05, 4.69) is 39.8 Å². The molecule has 0 aromatic carbocycles. The molecule has 0 bridgehead atoms. The first-order chi connectivity index (χ1) is 9.74. The minimum absolute atomic E-state index is 1.31. The van der Waals surface area contributed by atoms with Crippen LogP contribution in [0, 0.1) is 0 Å². The zero-order chi connectivity index (χ0) is 15.1. The summed E-state index contributed by atoms with van der Waals surface area (Å²) in [6, 6.07) is 0. The van der Waals surface area contributed by atoms with E-state index in [1.807, 2.05) is 0 Å². The molecule has 0 fully saturated rings. The van der Waals surface area contributed by atoms with Gasteiger partial charge in [-0.1, -0.05) is 0 Å². The van der Waals surface area contributed by atoms with Crippen LogP contribution in [0.2, 0.25) is 17.7 Å². The Kier molecular flexibility index (Phi) is 14.9. The molecule has 0 saturated heterocycles. The standard InChI is InChI=1S/C7H13.3C4H9.Sn/c1-3-5-7-6-4-2;3*1-3-4-2;/h3,5H,1,4,6-7H2,2H3;3*1,3-4H2,2H3;/b5-3-;;;;. The van der Waals surface area contributed by atoms with Gasteiger partial charge in [0.2, 0.25) is 0 Å². The first-order valence-corrected chi connectivity index (χ1v) is 17.5. The average molecular weight is 387 g/mol. The number of rotatable bonds is 14. The van der Waals surface area contributed by atoms with Crippen molar-refractivity contribution in [2.24, 2.45) is 0 Å². The average Bonchev–Trinajstić information content (AvgIpc) is 2.48. The molecule has 20 heavy (non-hydrogen) atoms. The summed E-state index contributed by atoms with van der Waals surface area (Å²) in [5.74, 6) is 0. The van der Waals surface area contributed by atoms with E-state index in [-0.39, 0.29) is 0 Å². The molecule has 0 aromatic rings. The van der Waals surface area contributed by atoms with Gasteiger partial charge < -0.3 is 0 Å². The molecular weight excluding hydrogens is 347 g/mol. The number of allylic oxidation sites excluding steroid dienone is 2. The molecular formula is C19H40Sn. The van der Waals surface area contributed by atoms with Crippen molar-refractivity contribution in [2.45, 2.75) is 103 Å². The topological polar surface area (TPSA) is 0 Å². The van der Waals surface area contributed by atoms with Gasteiger partial charge in [-0.15, -0.1) is 0 Å². The van der Waals surface area contributed by atoms with Gasteiger partial charge in [0.25, 0.3) is 0 Å². The van der Waals surface area contributed by atoms with Gasteiger partial charge in [0.1, 0.15) is 0 Å². The Morgan fingerprint density at radius 2 is 1.05 bits per heavy atom. The van der Waals surface area contributed by atoms with Crippen molar-refractivity contribution in [3.05, 3.63) is 12.2 Å². The fraction of sp³-hybridized carbons (Fsp3) is 0.895. The Morgan fingerprint density at radius 1 is 0.600 bits per heavy atom. The molecule has 0 atom stereocenters. The third kappa shape index (κ3) is 10.3. The van der Waals surface area contributed by atoms with Crippen LogP contribution < -0.4 is 0 Å². The Labute approximate surface area is 133 Å². The molecule has 0 spiro atoms. The fourth-order valence-corrected chi connectivity index (χ4v) is 18.3.